The predicted octanol–water partition coefficient (Wildman–Crippen LogP) is 5.21. The molecule has 134 valence electrons. The van der Waals surface area contributed by atoms with Gasteiger partial charge in [0, 0.05) is 5.38 Å². The van der Waals surface area contributed by atoms with E-state index in [-0.39, 0.29) is 12.5 Å². The van der Waals surface area contributed by atoms with Crippen LogP contribution in [0.3, 0.4) is 0 Å². The van der Waals surface area contributed by atoms with E-state index in [1.54, 1.807) is 7.11 Å². The Morgan fingerprint density at radius 3 is 2.54 bits per heavy atom. The number of amides is 1. The zero-order valence-corrected chi connectivity index (χ0v) is 16.5. The Bertz CT molecular complexity index is 988. The lowest BCUT2D eigenvalue weighted by Crippen LogP contribution is -2.19. The Balaban J connectivity index is 1.85. The second-order valence-corrected chi connectivity index (χ2v) is 7.59. The number of nitrogens with one attached hydrogen (secondary N) is 1. The number of rotatable bonds is 5. The summed E-state index contributed by atoms with van der Waals surface area (Å²) in [7, 11) is 1.59. The topological polar surface area (TPSA) is 43.3 Å². The number of methoxy groups -OCH3 is 1. The molecule has 1 N–H and O–H groups in total. The van der Waals surface area contributed by atoms with Gasteiger partial charge in [-0.25, -0.2) is 0 Å². The highest BCUT2D eigenvalue weighted by atomic mass is 32.1. The molecule has 0 atom stereocenters. The molecule has 0 aliphatic rings. The molecule has 4 nitrogen and oxygen atoms in total. The Morgan fingerprint density at radius 1 is 1.15 bits per heavy atom. The number of thiazole rings is 1. The molecule has 0 aliphatic carbocycles. The van der Waals surface area contributed by atoms with Crippen LogP contribution in [0.15, 0.2) is 47.8 Å². The van der Waals surface area contributed by atoms with Crippen LogP contribution in [0.4, 0.5) is 5.69 Å². The van der Waals surface area contributed by atoms with Gasteiger partial charge in [0.1, 0.15) is 12.3 Å². The van der Waals surface area contributed by atoms with Gasteiger partial charge in [-0.2, -0.15) is 0 Å². The molecule has 3 rings (SSSR count). The van der Waals surface area contributed by atoms with E-state index in [2.05, 4.69) is 17.4 Å². The summed E-state index contributed by atoms with van der Waals surface area (Å²) in [5.74, 6) is 0.494. The van der Waals surface area contributed by atoms with Gasteiger partial charge in [0.15, 0.2) is 3.95 Å². The van der Waals surface area contributed by atoms with Gasteiger partial charge in [0.2, 0.25) is 5.91 Å². The maximum absolute atomic E-state index is 12.6. The zero-order valence-electron chi connectivity index (χ0n) is 14.9. The van der Waals surface area contributed by atoms with Crippen molar-refractivity contribution in [3.05, 3.63) is 62.9 Å². The van der Waals surface area contributed by atoms with Gasteiger partial charge >= 0.3 is 0 Å². The molecule has 6 heteroatoms. The molecule has 2 aromatic carbocycles. The lowest BCUT2D eigenvalue weighted by atomic mass is 10.1. The maximum atomic E-state index is 12.6. The van der Waals surface area contributed by atoms with Crippen LogP contribution in [-0.4, -0.2) is 17.6 Å². The van der Waals surface area contributed by atoms with Crippen molar-refractivity contribution in [3.63, 3.8) is 0 Å². The summed E-state index contributed by atoms with van der Waals surface area (Å²) in [4.78, 5) is 12.6. The second kappa shape index (κ2) is 7.85. The van der Waals surface area contributed by atoms with E-state index in [4.69, 9.17) is 17.0 Å². The average Bonchev–Trinajstić information content (AvgIpc) is 2.96. The van der Waals surface area contributed by atoms with Gasteiger partial charge in [-0.15, -0.1) is 11.3 Å². The molecule has 0 unspecified atom stereocenters. The van der Waals surface area contributed by atoms with E-state index in [0.29, 0.717) is 15.4 Å². The van der Waals surface area contributed by atoms with Crippen molar-refractivity contribution in [3.8, 4) is 17.0 Å². The van der Waals surface area contributed by atoms with Crippen LogP contribution in [0.2, 0.25) is 0 Å². The summed E-state index contributed by atoms with van der Waals surface area (Å²) in [6, 6.07) is 13.9. The van der Waals surface area contributed by atoms with Crippen molar-refractivity contribution in [1.82, 2.24) is 4.57 Å². The Morgan fingerprint density at radius 2 is 1.85 bits per heavy atom. The standard InChI is InChI=1S/C20H20N2O2S2/c1-13-4-7-15(8-5-13)17-12-26-20(25)22(17)11-19(23)21-16-10-14(2)6-9-18(16)24-3/h4-10,12H,11H2,1-3H3,(H,21,23). The molecule has 0 radical (unpaired) electrons. The first-order valence-electron chi connectivity index (χ1n) is 8.18. The lowest BCUT2D eigenvalue weighted by Gasteiger charge is -2.13. The minimum absolute atomic E-state index is 0.142. The monoisotopic (exact) mass is 384 g/mol. The minimum atomic E-state index is -0.142. The molecule has 1 heterocycles. The van der Waals surface area contributed by atoms with E-state index in [0.717, 1.165) is 16.8 Å². The number of nitrogens with zero attached hydrogens (tertiary/aromatic N) is 1. The van der Waals surface area contributed by atoms with Crippen molar-refractivity contribution in [1.29, 1.82) is 0 Å². The third-order valence-corrected chi connectivity index (χ3v) is 5.33. The third kappa shape index (κ3) is 4.03. The first-order chi connectivity index (χ1) is 12.5. The van der Waals surface area contributed by atoms with Crippen LogP contribution in [0, 0.1) is 17.8 Å². The largest absolute Gasteiger partial charge is 0.495 e. The molecular weight excluding hydrogens is 364 g/mol. The maximum Gasteiger partial charge on any atom is 0.244 e. The van der Waals surface area contributed by atoms with Crippen molar-refractivity contribution < 1.29 is 9.53 Å². The second-order valence-electron chi connectivity index (χ2n) is 6.09. The van der Waals surface area contributed by atoms with Crippen molar-refractivity contribution in [2.24, 2.45) is 0 Å². The Hall–Kier alpha value is -2.44. The van der Waals surface area contributed by atoms with Crippen LogP contribution in [0.5, 0.6) is 5.75 Å². The Labute approximate surface area is 162 Å². The summed E-state index contributed by atoms with van der Waals surface area (Å²) < 4.78 is 7.86. The first kappa shape index (κ1) is 18.4. The number of hydrogen-bond acceptors (Lipinski definition) is 4. The lowest BCUT2D eigenvalue weighted by molar-refractivity contribution is -0.116. The highest BCUT2D eigenvalue weighted by molar-refractivity contribution is 7.73. The molecule has 26 heavy (non-hydrogen) atoms. The Kier molecular flexibility index (Phi) is 5.54. The number of carbonyl (C=O) groups is 1. The molecular formula is C20H20N2O2S2. The van der Waals surface area contributed by atoms with Gasteiger partial charge in [-0.05, 0) is 49.3 Å². The van der Waals surface area contributed by atoms with Crippen molar-refractivity contribution in [2.75, 3.05) is 12.4 Å². The SMILES string of the molecule is COc1ccc(C)cc1NC(=O)Cn1c(-c2ccc(C)cc2)csc1=S. The van der Waals surface area contributed by atoms with Gasteiger partial charge < -0.3 is 14.6 Å². The van der Waals surface area contributed by atoms with Crippen molar-refractivity contribution in [2.45, 2.75) is 20.4 Å². The zero-order chi connectivity index (χ0) is 18.7. The number of hydrogen-bond donors (Lipinski definition) is 1. The summed E-state index contributed by atoms with van der Waals surface area (Å²) >= 11 is 6.89. The molecule has 0 aliphatic heterocycles. The van der Waals surface area contributed by atoms with E-state index in [1.807, 2.05) is 54.1 Å². The first-order valence-corrected chi connectivity index (χ1v) is 9.46. The van der Waals surface area contributed by atoms with Crippen LogP contribution in [0.25, 0.3) is 11.3 Å². The highest BCUT2D eigenvalue weighted by Crippen LogP contribution is 2.27. The van der Waals surface area contributed by atoms with Gasteiger partial charge in [-0.3, -0.25) is 4.79 Å². The fourth-order valence-corrected chi connectivity index (χ4v) is 3.76. The van der Waals surface area contributed by atoms with Crippen LogP contribution in [0.1, 0.15) is 11.1 Å². The van der Waals surface area contributed by atoms with E-state index >= 15 is 0 Å². The van der Waals surface area contributed by atoms with E-state index in [1.165, 1.54) is 16.9 Å². The fourth-order valence-electron chi connectivity index (χ4n) is 2.68. The number of anilines is 1. The van der Waals surface area contributed by atoms with Gasteiger partial charge in [0.25, 0.3) is 0 Å². The van der Waals surface area contributed by atoms with Crippen LogP contribution < -0.4 is 10.1 Å². The molecule has 3 aromatic rings. The molecule has 1 aromatic heterocycles. The summed E-state index contributed by atoms with van der Waals surface area (Å²) in [5, 5.41) is 4.92. The number of ether oxygens (including phenoxy) is 1. The quantitative estimate of drug-likeness (QED) is 0.614. The van der Waals surface area contributed by atoms with Gasteiger partial charge in [-0.1, -0.05) is 35.9 Å². The number of aromatic nitrogens is 1. The molecule has 0 bridgehead atoms. The molecule has 0 saturated carbocycles. The highest BCUT2D eigenvalue weighted by Gasteiger charge is 2.13. The number of aryl methyl sites for hydroxylation is 2. The van der Waals surface area contributed by atoms with Crippen LogP contribution >= 0.6 is 23.6 Å². The molecule has 1 amide bonds. The minimum Gasteiger partial charge on any atom is -0.495 e. The summed E-state index contributed by atoms with van der Waals surface area (Å²) in [6.07, 6.45) is 0. The smallest absolute Gasteiger partial charge is 0.244 e. The van der Waals surface area contributed by atoms with E-state index < -0.39 is 0 Å². The molecule has 0 spiro atoms. The van der Waals surface area contributed by atoms with Gasteiger partial charge in [0.05, 0.1) is 18.5 Å². The normalized spacial score (nSPS) is 10.6. The number of carbonyl (C=O) groups excluding carboxylic acids is 1. The predicted molar refractivity (Wildman–Crippen MR) is 110 cm³/mol. The number of benzene rings is 2. The molecule has 0 saturated heterocycles. The third-order valence-electron chi connectivity index (χ3n) is 4.06. The van der Waals surface area contributed by atoms with Crippen LogP contribution in [-0.2, 0) is 11.3 Å². The summed E-state index contributed by atoms with van der Waals surface area (Å²) in [5.41, 5.74) is 4.90. The summed E-state index contributed by atoms with van der Waals surface area (Å²) in [6.45, 7) is 4.18. The van der Waals surface area contributed by atoms with E-state index in [9.17, 15) is 4.79 Å². The molecule has 0 fully saturated rings. The van der Waals surface area contributed by atoms with Crippen molar-refractivity contribution >= 4 is 35.1 Å². The fraction of sp³-hybridized carbons (Fsp3) is 0.200. The average molecular weight is 385 g/mol.